The van der Waals surface area contributed by atoms with Gasteiger partial charge in [-0.1, -0.05) is 25.4 Å². The van der Waals surface area contributed by atoms with Crippen LogP contribution in [0.2, 0.25) is 5.02 Å². The lowest BCUT2D eigenvalue weighted by Crippen LogP contribution is -2.35. The summed E-state index contributed by atoms with van der Waals surface area (Å²) < 4.78 is 27.5. The van der Waals surface area contributed by atoms with E-state index in [1.54, 1.807) is 30.3 Å². The number of fused-ring (bicyclic) bond motifs is 1. The number of anilines is 1. The van der Waals surface area contributed by atoms with Crippen molar-refractivity contribution < 1.29 is 13.2 Å². The lowest BCUT2D eigenvalue weighted by molar-refractivity contribution is 0.0949. The first-order valence-electron chi connectivity index (χ1n) is 8.98. The number of nitrogens with zero attached hydrogens (tertiary/aromatic N) is 1. The van der Waals surface area contributed by atoms with Crippen LogP contribution >= 0.6 is 11.6 Å². The van der Waals surface area contributed by atoms with Crippen LogP contribution in [0.3, 0.4) is 0 Å². The van der Waals surface area contributed by atoms with Gasteiger partial charge in [0.1, 0.15) is 0 Å². The first-order valence-corrected chi connectivity index (χ1v) is 10.8. The fraction of sp³-hybridized carbons (Fsp3) is 0.350. The van der Waals surface area contributed by atoms with Crippen LogP contribution < -0.4 is 9.62 Å². The highest BCUT2D eigenvalue weighted by atomic mass is 35.5. The standard InChI is InChI=1S/C20H23ClN2O3S/c1-14(2)13-22-20(24)16-5-10-19-15(12-16)4-3-11-23(19)27(25,26)18-8-6-17(21)7-9-18/h5-10,12,14H,3-4,11,13H2,1-2H3,(H,22,24). The van der Waals surface area contributed by atoms with Gasteiger partial charge in [-0.2, -0.15) is 0 Å². The average molecular weight is 407 g/mol. The molecule has 0 unspecified atom stereocenters. The third-order valence-electron chi connectivity index (χ3n) is 4.49. The van der Waals surface area contributed by atoms with Crippen LogP contribution in [0.4, 0.5) is 5.69 Å². The maximum atomic E-state index is 13.1. The molecule has 0 radical (unpaired) electrons. The zero-order valence-corrected chi connectivity index (χ0v) is 17.0. The van der Waals surface area contributed by atoms with Crippen LogP contribution in [0.25, 0.3) is 0 Å². The summed E-state index contributed by atoms with van der Waals surface area (Å²) in [7, 11) is -3.67. The minimum absolute atomic E-state index is 0.135. The number of sulfonamides is 1. The smallest absolute Gasteiger partial charge is 0.264 e. The van der Waals surface area contributed by atoms with Gasteiger partial charge in [0.05, 0.1) is 10.6 Å². The van der Waals surface area contributed by atoms with E-state index >= 15 is 0 Å². The van der Waals surface area contributed by atoms with E-state index in [-0.39, 0.29) is 10.8 Å². The van der Waals surface area contributed by atoms with Gasteiger partial charge >= 0.3 is 0 Å². The van der Waals surface area contributed by atoms with Crippen molar-refractivity contribution in [3.63, 3.8) is 0 Å². The van der Waals surface area contributed by atoms with Crippen LogP contribution in [0.15, 0.2) is 47.4 Å². The summed E-state index contributed by atoms with van der Waals surface area (Å²) in [6.45, 7) is 5.09. The van der Waals surface area contributed by atoms with Gasteiger partial charge in [0, 0.05) is 23.7 Å². The monoisotopic (exact) mass is 406 g/mol. The Labute approximate surface area is 165 Å². The van der Waals surface area contributed by atoms with Gasteiger partial charge in [0.15, 0.2) is 0 Å². The summed E-state index contributed by atoms with van der Waals surface area (Å²) in [5.41, 5.74) is 2.06. The Morgan fingerprint density at radius 3 is 2.56 bits per heavy atom. The molecule has 27 heavy (non-hydrogen) atoms. The molecule has 0 bridgehead atoms. The fourth-order valence-corrected chi connectivity index (χ4v) is 4.75. The number of hydrogen-bond acceptors (Lipinski definition) is 3. The van der Waals surface area contributed by atoms with Gasteiger partial charge in [-0.15, -0.1) is 0 Å². The van der Waals surface area contributed by atoms with E-state index in [1.807, 2.05) is 13.8 Å². The van der Waals surface area contributed by atoms with Gasteiger partial charge < -0.3 is 5.32 Å². The first kappa shape index (κ1) is 19.7. The molecule has 1 aliphatic heterocycles. The second-order valence-corrected chi connectivity index (χ2v) is 9.38. The number of carbonyl (C=O) groups excluding carboxylic acids is 1. The Hall–Kier alpha value is -2.05. The Morgan fingerprint density at radius 2 is 1.89 bits per heavy atom. The molecule has 0 aliphatic carbocycles. The van der Waals surface area contributed by atoms with E-state index in [0.717, 1.165) is 12.0 Å². The molecule has 5 nitrogen and oxygen atoms in total. The van der Waals surface area contributed by atoms with Crippen molar-refractivity contribution in [3.05, 3.63) is 58.6 Å². The van der Waals surface area contributed by atoms with Crippen molar-refractivity contribution in [1.29, 1.82) is 0 Å². The Bertz CT molecular complexity index is 940. The zero-order valence-electron chi connectivity index (χ0n) is 15.4. The van der Waals surface area contributed by atoms with E-state index in [9.17, 15) is 13.2 Å². The van der Waals surface area contributed by atoms with Crippen molar-refractivity contribution in [3.8, 4) is 0 Å². The van der Waals surface area contributed by atoms with Crippen LogP contribution in [-0.4, -0.2) is 27.4 Å². The highest BCUT2D eigenvalue weighted by Gasteiger charge is 2.29. The van der Waals surface area contributed by atoms with E-state index in [2.05, 4.69) is 5.32 Å². The molecular weight excluding hydrogens is 384 g/mol. The molecule has 2 aromatic carbocycles. The fourth-order valence-electron chi connectivity index (χ4n) is 3.09. The van der Waals surface area contributed by atoms with E-state index in [1.165, 1.54) is 16.4 Å². The predicted molar refractivity (Wildman–Crippen MR) is 108 cm³/mol. The van der Waals surface area contributed by atoms with Crippen LogP contribution in [0.1, 0.15) is 36.2 Å². The second-order valence-electron chi connectivity index (χ2n) is 7.08. The molecule has 0 aromatic heterocycles. The molecule has 0 saturated carbocycles. The summed E-state index contributed by atoms with van der Waals surface area (Å²) in [6, 6.07) is 11.4. The van der Waals surface area contributed by atoms with E-state index in [4.69, 9.17) is 11.6 Å². The normalized spacial score (nSPS) is 14.1. The molecule has 1 amide bonds. The zero-order chi connectivity index (χ0) is 19.6. The lowest BCUT2D eigenvalue weighted by Gasteiger charge is -2.30. The minimum Gasteiger partial charge on any atom is -0.352 e. The number of amides is 1. The van der Waals surface area contributed by atoms with Crippen molar-refractivity contribution in [1.82, 2.24) is 5.32 Å². The third-order valence-corrected chi connectivity index (χ3v) is 6.57. The molecule has 0 spiro atoms. The summed E-state index contributed by atoms with van der Waals surface area (Å²) >= 11 is 5.87. The first-order chi connectivity index (χ1) is 12.8. The number of carbonyl (C=O) groups is 1. The second kappa shape index (κ2) is 7.90. The number of nitrogens with one attached hydrogen (secondary N) is 1. The van der Waals surface area contributed by atoms with Gasteiger partial charge in [-0.25, -0.2) is 8.42 Å². The van der Waals surface area contributed by atoms with E-state index < -0.39 is 10.0 Å². The summed E-state index contributed by atoms with van der Waals surface area (Å²) in [5, 5.41) is 3.39. The van der Waals surface area contributed by atoms with Crippen molar-refractivity contribution in [2.75, 3.05) is 17.4 Å². The largest absolute Gasteiger partial charge is 0.352 e. The number of benzene rings is 2. The van der Waals surface area contributed by atoms with Crippen molar-refractivity contribution >= 4 is 33.2 Å². The van der Waals surface area contributed by atoms with Gasteiger partial charge in [-0.05, 0) is 66.8 Å². The van der Waals surface area contributed by atoms with Gasteiger partial charge in [0.2, 0.25) is 0 Å². The predicted octanol–water partition coefficient (Wildman–Crippen LogP) is 3.87. The highest BCUT2D eigenvalue weighted by molar-refractivity contribution is 7.92. The summed E-state index contributed by atoms with van der Waals surface area (Å²) in [4.78, 5) is 12.5. The molecule has 1 N–H and O–H groups in total. The molecule has 0 saturated heterocycles. The van der Waals surface area contributed by atoms with Gasteiger partial charge in [-0.3, -0.25) is 9.10 Å². The van der Waals surface area contributed by atoms with Crippen molar-refractivity contribution in [2.45, 2.75) is 31.6 Å². The summed E-state index contributed by atoms with van der Waals surface area (Å²) in [5.74, 6) is 0.232. The van der Waals surface area contributed by atoms with Crippen LogP contribution in [0.5, 0.6) is 0 Å². The molecule has 7 heteroatoms. The van der Waals surface area contributed by atoms with Crippen molar-refractivity contribution in [2.24, 2.45) is 5.92 Å². The maximum absolute atomic E-state index is 13.1. The lowest BCUT2D eigenvalue weighted by atomic mass is 10.0. The quantitative estimate of drug-likeness (QED) is 0.819. The molecule has 0 fully saturated rings. The molecule has 1 heterocycles. The Kier molecular flexibility index (Phi) is 5.77. The number of aryl methyl sites for hydroxylation is 1. The van der Waals surface area contributed by atoms with E-state index in [0.29, 0.717) is 41.7 Å². The molecule has 3 rings (SSSR count). The average Bonchev–Trinajstić information content (AvgIpc) is 2.65. The molecule has 2 aromatic rings. The van der Waals surface area contributed by atoms with Crippen LogP contribution in [0, 0.1) is 5.92 Å². The number of rotatable bonds is 5. The maximum Gasteiger partial charge on any atom is 0.264 e. The number of hydrogen-bond donors (Lipinski definition) is 1. The van der Waals surface area contributed by atoms with Gasteiger partial charge in [0.25, 0.3) is 15.9 Å². The molecule has 0 atom stereocenters. The topological polar surface area (TPSA) is 66.5 Å². The number of halogens is 1. The molecular formula is C20H23ClN2O3S. The molecule has 1 aliphatic rings. The highest BCUT2D eigenvalue weighted by Crippen LogP contribution is 2.33. The Morgan fingerprint density at radius 1 is 1.19 bits per heavy atom. The minimum atomic E-state index is -3.67. The molecule has 144 valence electrons. The Balaban J connectivity index is 1.90. The summed E-state index contributed by atoms with van der Waals surface area (Å²) in [6.07, 6.45) is 1.45. The third kappa shape index (κ3) is 4.28. The SMILES string of the molecule is CC(C)CNC(=O)c1ccc2c(c1)CCCN2S(=O)(=O)c1ccc(Cl)cc1. The van der Waals surface area contributed by atoms with Crippen LogP contribution in [-0.2, 0) is 16.4 Å².